The Hall–Kier alpha value is -2.83. The van der Waals surface area contributed by atoms with Crippen LogP contribution < -0.4 is 14.2 Å². The Morgan fingerprint density at radius 1 is 1.31 bits per heavy atom. The van der Waals surface area contributed by atoms with Crippen molar-refractivity contribution in [2.75, 3.05) is 26.8 Å². The number of benzene rings is 1. The van der Waals surface area contributed by atoms with Crippen LogP contribution in [0.2, 0.25) is 0 Å². The fraction of sp³-hybridized carbons (Fsp3) is 0.421. The van der Waals surface area contributed by atoms with Gasteiger partial charge in [0.2, 0.25) is 5.88 Å². The lowest BCUT2D eigenvalue weighted by Crippen LogP contribution is -2.46. The number of piperidine rings is 1. The van der Waals surface area contributed by atoms with Crippen LogP contribution in [0, 0.1) is 6.92 Å². The highest BCUT2D eigenvalue weighted by Crippen LogP contribution is 2.19. The summed E-state index contributed by atoms with van der Waals surface area (Å²) >= 11 is 0. The molecule has 138 valence electrons. The number of amides is 1. The van der Waals surface area contributed by atoms with Crippen molar-refractivity contribution >= 4 is 5.91 Å². The van der Waals surface area contributed by atoms with Gasteiger partial charge < -0.3 is 19.1 Å². The molecule has 26 heavy (non-hydrogen) atoms. The minimum absolute atomic E-state index is 0.0267. The van der Waals surface area contributed by atoms with Crippen LogP contribution in [-0.4, -0.2) is 53.7 Å². The number of para-hydroxylation sites is 1. The molecule has 2 aromatic rings. The second-order valence-corrected chi connectivity index (χ2v) is 6.16. The lowest BCUT2D eigenvalue weighted by molar-refractivity contribution is -0.136. The third-order valence-electron chi connectivity index (χ3n) is 4.25. The van der Waals surface area contributed by atoms with E-state index in [0.717, 1.165) is 24.2 Å². The van der Waals surface area contributed by atoms with Crippen LogP contribution in [0.25, 0.3) is 0 Å². The molecule has 1 aromatic heterocycles. The van der Waals surface area contributed by atoms with Gasteiger partial charge in [0.15, 0.2) is 6.61 Å². The number of carbonyl (C=O) groups excluding carboxylic acids is 1. The van der Waals surface area contributed by atoms with Gasteiger partial charge in [-0.25, -0.2) is 4.98 Å². The van der Waals surface area contributed by atoms with Gasteiger partial charge in [-0.1, -0.05) is 18.2 Å². The van der Waals surface area contributed by atoms with E-state index in [4.69, 9.17) is 14.2 Å². The first-order valence-electron chi connectivity index (χ1n) is 8.65. The van der Waals surface area contributed by atoms with E-state index in [9.17, 15) is 4.79 Å². The summed E-state index contributed by atoms with van der Waals surface area (Å²) in [5.74, 6) is 1.15. The monoisotopic (exact) mass is 357 g/mol. The van der Waals surface area contributed by atoms with Crippen LogP contribution >= 0.6 is 0 Å². The van der Waals surface area contributed by atoms with Crippen molar-refractivity contribution in [2.24, 2.45) is 0 Å². The Morgan fingerprint density at radius 3 is 2.96 bits per heavy atom. The molecule has 0 N–H and O–H groups in total. The van der Waals surface area contributed by atoms with Crippen molar-refractivity contribution in [3.8, 4) is 17.6 Å². The van der Waals surface area contributed by atoms with Crippen molar-refractivity contribution < 1.29 is 19.0 Å². The minimum Gasteiger partial charge on any atom is -0.484 e. The maximum absolute atomic E-state index is 12.5. The molecule has 7 heteroatoms. The summed E-state index contributed by atoms with van der Waals surface area (Å²) in [5, 5.41) is 0. The molecule has 1 fully saturated rings. The molecule has 1 atom stereocenters. The highest BCUT2D eigenvalue weighted by Gasteiger charge is 2.25. The van der Waals surface area contributed by atoms with E-state index >= 15 is 0 Å². The van der Waals surface area contributed by atoms with Crippen molar-refractivity contribution in [1.29, 1.82) is 0 Å². The summed E-state index contributed by atoms with van der Waals surface area (Å²) < 4.78 is 16.6. The maximum Gasteiger partial charge on any atom is 0.319 e. The highest BCUT2D eigenvalue weighted by molar-refractivity contribution is 5.78. The number of aryl methyl sites for hydroxylation is 1. The van der Waals surface area contributed by atoms with E-state index in [1.165, 1.54) is 7.11 Å². The number of aromatic nitrogens is 2. The van der Waals surface area contributed by atoms with E-state index in [0.29, 0.717) is 19.0 Å². The quantitative estimate of drug-likeness (QED) is 0.789. The fourth-order valence-corrected chi connectivity index (χ4v) is 2.87. The molecule has 1 aromatic carbocycles. The van der Waals surface area contributed by atoms with Gasteiger partial charge in [0.05, 0.1) is 13.7 Å². The molecule has 1 amide bonds. The summed E-state index contributed by atoms with van der Waals surface area (Å²) in [7, 11) is 1.51. The Kier molecular flexibility index (Phi) is 5.88. The second kappa shape index (κ2) is 8.51. The first kappa shape index (κ1) is 18.0. The van der Waals surface area contributed by atoms with Gasteiger partial charge in [-0.3, -0.25) is 4.79 Å². The first-order valence-corrected chi connectivity index (χ1v) is 8.65. The van der Waals surface area contributed by atoms with Crippen LogP contribution in [0.5, 0.6) is 17.6 Å². The molecule has 1 unspecified atom stereocenters. The largest absolute Gasteiger partial charge is 0.484 e. The van der Waals surface area contributed by atoms with Crippen molar-refractivity contribution in [2.45, 2.75) is 25.9 Å². The lowest BCUT2D eigenvalue weighted by atomic mass is 10.1. The number of nitrogens with zero attached hydrogens (tertiary/aromatic N) is 3. The third kappa shape index (κ3) is 4.62. The predicted molar refractivity (Wildman–Crippen MR) is 95.5 cm³/mol. The zero-order valence-electron chi connectivity index (χ0n) is 15.1. The molecule has 0 spiro atoms. The van der Waals surface area contributed by atoms with E-state index in [-0.39, 0.29) is 24.6 Å². The van der Waals surface area contributed by atoms with E-state index in [1.807, 2.05) is 31.2 Å². The first-order chi connectivity index (χ1) is 12.7. The molecular formula is C19H23N3O4. The minimum atomic E-state index is -0.106. The molecule has 2 heterocycles. The summed E-state index contributed by atoms with van der Waals surface area (Å²) in [6.07, 6.45) is 3.23. The van der Waals surface area contributed by atoms with Gasteiger partial charge in [-0.2, -0.15) is 4.98 Å². The van der Waals surface area contributed by atoms with Gasteiger partial charge in [-0.15, -0.1) is 0 Å². The van der Waals surface area contributed by atoms with Crippen LogP contribution in [0.3, 0.4) is 0 Å². The van der Waals surface area contributed by atoms with Gasteiger partial charge in [0.25, 0.3) is 5.91 Å². The average molecular weight is 357 g/mol. The summed E-state index contributed by atoms with van der Waals surface area (Å²) in [6, 6.07) is 9.61. The topological polar surface area (TPSA) is 73.8 Å². The van der Waals surface area contributed by atoms with E-state index in [2.05, 4.69) is 9.97 Å². The van der Waals surface area contributed by atoms with Crippen LogP contribution in [0.4, 0.5) is 0 Å². The van der Waals surface area contributed by atoms with Crippen LogP contribution in [0.15, 0.2) is 36.5 Å². The van der Waals surface area contributed by atoms with Crippen molar-refractivity contribution in [3.05, 3.63) is 42.1 Å². The second-order valence-electron chi connectivity index (χ2n) is 6.16. The molecule has 1 aliphatic heterocycles. The van der Waals surface area contributed by atoms with E-state index in [1.54, 1.807) is 17.2 Å². The van der Waals surface area contributed by atoms with Gasteiger partial charge in [0.1, 0.15) is 11.9 Å². The number of hydrogen-bond donors (Lipinski definition) is 0. The molecular weight excluding hydrogens is 334 g/mol. The fourth-order valence-electron chi connectivity index (χ4n) is 2.87. The summed E-state index contributed by atoms with van der Waals surface area (Å²) in [4.78, 5) is 22.4. The highest BCUT2D eigenvalue weighted by atomic mass is 16.5. The molecule has 0 radical (unpaired) electrons. The number of carbonyl (C=O) groups is 1. The normalized spacial score (nSPS) is 16.8. The van der Waals surface area contributed by atoms with Gasteiger partial charge in [-0.05, 0) is 31.4 Å². The molecule has 0 aliphatic carbocycles. The Balaban J connectivity index is 1.54. The Labute approximate surface area is 152 Å². The lowest BCUT2D eigenvalue weighted by Gasteiger charge is -2.32. The molecule has 1 saturated heterocycles. The number of likely N-dealkylation sites (tertiary alicyclic amines) is 1. The Morgan fingerprint density at radius 2 is 2.15 bits per heavy atom. The number of hydrogen-bond acceptors (Lipinski definition) is 6. The number of rotatable bonds is 6. The van der Waals surface area contributed by atoms with Gasteiger partial charge >= 0.3 is 6.01 Å². The van der Waals surface area contributed by atoms with E-state index < -0.39 is 0 Å². The molecule has 7 nitrogen and oxygen atoms in total. The Bertz CT molecular complexity index is 753. The predicted octanol–water partition coefficient (Wildman–Crippen LogP) is 2.24. The summed E-state index contributed by atoms with van der Waals surface area (Å²) in [5.41, 5.74) is 1.01. The van der Waals surface area contributed by atoms with Crippen LogP contribution in [0.1, 0.15) is 18.4 Å². The van der Waals surface area contributed by atoms with Crippen molar-refractivity contribution in [1.82, 2.24) is 14.9 Å². The molecule has 0 saturated carbocycles. The zero-order chi connectivity index (χ0) is 18.4. The maximum atomic E-state index is 12.5. The zero-order valence-corrected chi connectivity index (χ0v) is 15.1. The molecule has 0 bridgehead atoms. The number of methoxy groups -OCH3 is 1. The number of ether oxygens (including phenoxy) is 3. The molecule has 1 aliphatic rings. The third-order valence-corrected chi connectivity index (χ3v) is 4.25. The summed E-state index contributed by atoms with van der Waals surface area (Å²) in [6.45, 7) is 3.21. The molecule has 3 rings (SSSR count). The standard InChI is InChI=1S/C19H23N3O4/c1-14-6-3-4-8-16(14)25-13-18(23)22-11-5-7-15(12-22)26-17-9-10-20-19(21-17)24-2/h3-4,6,8-10,15H,5,7,11-13H2,1-2H3. The van der Waals surface area contributed by atoms with Gasteiger partial charge in [0, 0.05) is 18.8 Å². The van der Waals surface area contributed by atoms with Crippen molar-refractivity contribution in [3.63, 3.8) is 0 Å². The van der Waals surface area contributed by atoms with Crippen LogP contribution in [-0.2, 0) is 4.79 Å². The average Bonchev–Trinajstić information content (AvgIpc) is 2.67. The SMILES string of the molecule is COc1nccc(OC2CCCN(C(=O)COc3ccccc3C)C2)n1. The smallest absolute Gasteiger partial charge is 0.319 e.